The van der Waals surface area contributed by atoms with Gasteiger partial charge in [-0.05, 0) is 26.8 Å². The Morgan fingerprint density at radius 3 is 2.90 bits per heavy atom. The van der Waals surface area contributed by atoms with Crippen molar-refractivity contribution in [3.8, 4) is 0 Å². The standard InChI is InChI=1S/C8H16N2/c1-6-8-4-3-7(5-9-6)10(8)2/h6-9H,3-5H2,1-2H3. The van der Waals surface area contributed by atoms with E-state index in [9.17, 15) is 0 Å². The van der Waals surface area contributed by atoms with Crippen molar-refractivity contribution in [2.45, 2.75) is 37.9 Å². The summed E-state index contributed by atoms with van der Waals surface area (Å²) in [6.45, 7) is 3.50. The first-order chi connectivity index (χ1) is 4.79. The van der Waals surface area contributed by atoms with E-state index >= 15 is 0 Å². The van der Waals surface area contributed by atoms with E-state index in [1.165, 1.54) is 19.4 Å². The second-order valence-corrected chi connectivity index (χ2v) is 3.66. The molecule has 0 aromatic rings. The van der Waals surface area contributed by atoms with Crippen LogP contribution in [0.4, 0.5) is 0 Å². The first-order valence-corrected chi connectivity index (χ1v) is 4.24. The summed E-state index contributed by atoms with van der Waals surface area (Å²) in [6, 6.07) is 2.36. The Kier molecular flexibility index (Phi) is 1.46. The smallest absolute Gasteiger partial charge is 0.0247 e. The summed E-state index contributed by atoms with van der Waals surface area (Å²) in [5, 5.41) is 3.53. The summed E-state index contributed by atoms with van der Waals surface area (Å²) in [4.78, 5) is 2.54. The monoisotopic (exact) mass is 140 g/mol. The molecule has 2 saturated heterocycles. The molecule has 2 heterocycles. The Balaban J connectivity index is 2.13. The van der Waals surface area contributed by atoms with Gasteiger partial charge in [0.25, 0.3) is 0 Å². The lowest BCUT2D eigenvalue weighted by Crippen LogP contribution is -2.54. The van der Waals surface area contributed by atoms with Crippen molar-refractivity contribution in [2.75, 3.05) is 13.6 Å². The van der Waals surface area contributed by atoms with Crippen molar-refractivity contribution in [1.29, 1.82) is 0 Å². The third-order valence-electron chi connectivity index (χ3n) is 3.15. The minimum atomic E-state index is 0.712. The Morgan fingerprint density at radius 2 is 2.20 bits per heavy atom. The van der Waals surface area contributed by atoms with E-state index in [4.69, 9.17) is 0 Å². The van der Waals surface area contributed by atoms with Crippen LogP contribution in [0, 0.1) is 0 Å². The van der Waals surface area contributed by atoms with Crippen LogP contribution in [-0.4, -0.2) is 36.6 Å². The highest BCUT2D eigenvalue weighted by atomic mass is 15.3. The maximum absolute atomic E-state index is 3.53. The van der Waals surface area contributed by atoms with E-state index in [0.29, 0.717) is 6.04 Å². The highest BCUT2D eigenvalue weighted by Gasteiger charge is 2.37. The van der Waals surface area contributed by atoms with Gasteiger partial charge in [0, 0.05) is 24.7 Å². The molecule has 2 bridgehead atoms. The summed E-state index contributed by atoms with van der Waals surface area (Å²) in [6.07, 6.45) is 2.80. The normalized spacial score (nSPS) is 48.0. The molecular weight excluding hydrogens is 124 g/mol. The van der Waals surface area contributed by atoms with Gasteiger partial charge < -0.3 is 5.32 Å². The van der Waals surface area contributed by atoms with Crippen LogP contribution in [0.3, 0.4) is 0 Å². The molecule has 10 heavy (non-hydrogen) atoms. The van der Waals surface area contributed by atoms with Crippen molar-refractivity contribution >= 4 is 0 Å². The topological polar surface area (TPSA) is 15.3 Å². The fraction of sp³-hybridized carbons (Fsp3) is 1.00. The van der Waals surface area contributed by atoms with Crippen LogP contribution < -0.4 is 5.32 Å². The van der Waals surface area contributed by atoms with Gasteiger partial charge in [0.15, 0.2) is 0 Å². The quantitative estimate of drug-likeness (QED) is 0.525. The number of rotatable bonds is 0. The number of fused-ring (bicyclic) bond motifs is 2. The first-order valence-electron chi connectivity index (χ1n) is 4.24. The van der Waals surface area contributed by atoms with Crippen LogP contribution in [0.5, 0.6) is 0 Å². The van der Waals surface area contributed by atoms with Gasteiger partial charge in [-0.25, -0.2) is 0 Å². The zero-order chi connectivity index (χ0) is 7.14. The average Bonchev–Trinajstić information content (AvgIpc) is 2.13. The SMILES string of the molecule is CC1NCC2CCC1N2C. The number of hydrogen-bond acceptors (Lipinski definition) is 2. The minimum absolute atomic E-state index is 0.712. The van der Waals surface area contributed by atoms with Gasteiger partial charge >= 0.3 is 0 Å². The molecule has 2 aliphatic heterocycles. The molecule has 0 aromatic carbocycles. The van der Waals surface area contributed by atoms with E-state index in [0.717, 1.165) is 12.1 Å². The predicted octanol–water partition coefficient (Wildman–Crippen LogP) is 0.441. The van der Waals surface area contributed by atoms with Crippen LogP contribution >= 0.6 is 0 Å². The highest BCUT2D eigenvalue weighted by Crippen LogP contribution is 2.27. The first kappa shape index (κ1) is 6.62. The lowest BCUT2D eigenvalue weighted by molar-refractivity contribution is 0.156. The van der Waals surface area contributed by atoms with E-state index in [1.807, 2.05) is 0 Å². The van der Waals surface area contributed by atoms with Crippen molar-refractivity contribution in [3.63, 3.8) is 0 Å². The van der Waals surface area contributed by atoms with Gasteiger partial charge in [-0.3, -0.25) is 4.90 Å². The molecule has 2 nitrogen and oxygen atoms in total. The van der Waals surface area contributed by atoms with Gasteiger partial charge in [-0.15, -0.1) is 0 Å². The molecule has 2 heteroatoms. The third kappa shape index (κ3) is 0.789. The van der Waals surface area contributed by atoms with Gasteiger partial charge in [-0.1, -0.05) is 0 Å². The van der Waals surface area contributed by atoms with Crippen LogP contribution in [0.25, 0.3) is 0 Å². The van der Waals surface area contributed by atoms with Crippen molar-refractivity contribution < 1.29 is 0 Å². The van der Waals surface area contributed by atoms with Gasteiger partial charge in [-0.2, -0.15) is 0 Å². The van der Waals surface area contributed by atoms with E-state index < -0.39 is 0 Å². The van der Waals surface area contributed by atoms with Crippen LogP contribution in [-0.2, 0) is 0 Å². The second-order valence-electron chi connectivity index (χ2n) is 3.66. The molecule has 0 radical (unpaired) electrons. The molecule has 0 aliphatic carbocycles. The molecule has 2 rings (SSSR count). The van der Waals surface area contributed by atoms with Gasteiger partial charge in [0.2, 0.25) is 0 Å². The van der Waals surface area contributed by atoms with Crippen molar-refractivity contribution in [1.82, 2.24) is 10.2 Å². The maximum Gasteiger partial charge on any atom is 0.0247 e. The number of hydrogen-bond donors (Lipinski definition) is 1. The Labute approximate surface area is 62.6 Å². The van der Waals surface area contributed by atoms with Crippen LogP contribution in [0.1, 0.15) is 19.8 Å². The molecule has 1 N–H and O–H groups in total. The van der Waals surface area contributed by atoms with Gasteiger partial charge in [0.05, 0.1) is 0 Å². The molecule has 2 fully saturated rings. The number of piperazine rings is 1. The molecule has 2 aliphatic rings. The molecule has 3 atom stereocenters. The van der Waals surface area contributed by atoms with Crippen molar-refractivity contribution in [3.05, 3.63) is 0 Å². The van der Waals surface area contributed by atoms with E-state index in [2.05, 4.69) is 24.2 Å². The van der Waals surface area contributed by atoms with E-state index in [-0.39, 0.29) is 0 Å². The minimum Gasteiger partial charge on any atom is -0.311 e. The maximum atomic E-state index is 3.53. The fourth-order valence-electron chi connectivity index (χ4n) is 2.35. The number of nitrogens with zero attached hydrogens (tertiary/aromatic N) is 1. The number of likely N-dealkylation sites (N-methyl/N-ethyl adjacent to an activating group) is 1. The summed E-state index contributed by atoms with van der Waals surface area (Å²) in [7, 11) is 2.26. The molecular formula is C8H16N2. The summed E-state index contributed by atoms with van der Waals surface area (Å²) in [5.41, 5.74) is 0. The summed E-state index contributed by atoms with van der Waals surface area (Å²) in [5.74, 6) is 0. The third-order valence-corrected chi connectivity index (χ3v) is 3.15. The Hall–Kier alpha value is -0.0800. The number of nitrogens with one attached hydrogen (secondary N) is 1. The van der Waals surface area contributed by atoms with Gasteiger partial charge in [0.1, 0.15) is 0 Å². The zero-order valence-electron chi connectivity index (χ0n) is 6.80. The molecule has 3 unspecified atom stereocenters. The molecule has 0 saturated carbocycles. The lowest BCUT2D eigenvalue weighted by Gasteiger charge is -2.36. The molecule has 0 aromatic heterocycles. The van der Waals surface area contributed by atoms with E-state index in [1.54, 1.807) is 0 Å². The Bertz CT molecular complexity index is 135. The fourth-order valence-corrected chi connectivity index (χ4v) is 2.35. The Morgan fingerprint density at radius 1 is 1.40 bits per heavy atom. The molecule has 0 amide bonds. The average molecular weight is 140 g/mol. The van der Waals surface area contributed by atoms with Crippen LogP contribution in [0.15, 0.2) is 0 Å². The lowest BCUT2D eigenvalue weighted by atomic mass is 10.1. The largest absolute Gasteiger partial charge is 0.311 e. The van der Waals surface area contributed by atoms with Crippen molar-refractivity contribution in [2.24, 2.45) is 0 Å². The summed E-state index contributed by atoms with van der Waals surface area (Å²) >= 11 is 0. The second kappa shape index (κ2) is 2.21. The van der Waals surface area contributed by atoms with Crippen LogP contribution in [0.2, 0.25) is 0 Å². The molecule has 0 spiro atoms. The zero-order valence-corrected chi connectivity index (χ0v) is 6.80. The summed E-state index contributed by atoms with van der Waals surface area (Å²) < 4.78 is 0. The molecule has 58 valence electrons. The highest BCUT2D eigenvalue weighted by molar-refractivity contribution is 4.96. The predicted molar refractivity (Wildman–Crippen MR) is 42.0 cm³/mol.